The Morgan fingerprint density at radius 2 is 1.65 bits per heavy atom. The summed E-state index contributed by atoms with van der Waals surface area (Å²) in [7, 11) is 0. The van der Waals surface area contributed by atoms with Crippen LogP contribution in [0.4, 0.5) is 0 Å². The first-order valence-corrected chi connectivity index (χ1v) is 8.32. The zero-order chi connectivity index (χ0) is 14.6. The molecule has 2 fully saturated rings. The van der Waals surface area contributed by atoms with Crippen LogP contribution >= 0.6 is 0 Å². The van der Waals surface area contributed by atoms with Crippen molar-refractivity contribution in [1.29, 1.82) is 0 Å². The van der Waals surface area contributed by atoms with Crippen LogP contribution in [0.25, 0.3) is 0 Å². The first-order chi connectivity index (χ1) is 9.36. The van der Waals surface area contributed by atoms with Gasteiger partial charge in [0.15, 0.2) is 0 Å². The Labute approximate surface area is 125 Å². The Kier molecular flexibility index (Phi) is 5.46. The highest BCUT2D eigenvalue weighted by Gasteiger charge is 2.37. The van der Waals surface area contributed by atoms with E-state index in [0.29, 0.717) is 6.04 Å². The zero-order valence-corrected chi connectivity index (χ0v) is 13.9. The Balaban J connectivity index is 1.65. The smallest absolute Gasteiger partial charge is 0.0144 e. The lowest BCUT2D eigenvalue weighted by Gasteiger charge is -2.46. The highest BCUT2D eigenvalue weighted by molar-refractivity contribution is 4.99. The summed E-state index contributed by atoms with van der Waals surface area (Å²) < 4.78 is 0. The summed E-state index contributed by atoms with van der Waals surface area (Å²) in [4.78, 5) is 2.58. The molecule has 0 atom stereocenters. The molecule has 0 aromatic heterocycles. The van der Waals surface area contributed by atoms with Crippen LogP contribution in [-0.2, 0) is 0 Å². The molecule has 0 aliphatic carbocycles. The summed E-state index contributed by atoms with van der Waals surface area (Å²) in [6.45, 7) is 16.4. The van der Waals surface area contributed by atoms with E-state index < -0.39 is 0 Å². The van der Waals surface area contributed by atoms with Gasteiger partial charge in [0.25, 0.3) is 0 Å². The topological polar surface area (TPSA) is 39.3 Å². The zero-order valence-electron chi connectivity index (χ0n) is 13.9. The van der Waals surface area contributed by atoms with Gasteiger partial charge in [0, 0.05) is 43.3 Å². The molecule has 0 unspecified atom stereocenters. The second-order valence-corrected chi connectivity index (χ2v) is 7.90. The van der Waals surface area contributed by atoms with Gasteiger partial charge < -0.3 is 20.9 Å². The molecule has 4 nitrogen and oxygen atoms in total. The molecular formula is C16H34N4. The van der Waals surface area contributed by atoms with Crippen molar-refractivity contribution in [3.63, 3.8) is 0 Å². The number of piperazine rings is 1. The van der Waals surface area contributed by atoms with Gasteiger partial charge in [-0.05, 0) is 60.0 Å². The van der Waals surface area contributed by atoms with Crippen molar-refractivity contribution in [2.75, 3.05) is 39.3 Å². The van der Waals surface area contributed by atoms with Crippen LogP contribution < -0.4 is 16.0 Å². The van der Waals surface area contributed by atoms with Crippen molar-refractivity contribution < 1.29 is 0 Å². The van der Waals surface area contributed by atoms with Crippen molar-refractivity contribution >= 4 is 0 Å². The monoisotopic (exact) mass is 282 g/mol. The molecule has 0 aromatic rings. The fraction of sp³-hybridized carbons (Fsp3) is 1.00. The van der Waals surface area contributed by atoms with E-state index in [-0.39, 0.29) is 11.1 Å². The first-order valence-electron chi connectivity index (χ1n) is 8.32. The molecule has 4 heteroatoms. The standard InChI is InChI=1S/C16H34N4/c1-15(2)12-14(13-16(3,4)19-15)18-6-5-9-20-10-7-17-8-11-20/h14,17-19H,5-13H2,1-4H3. The van der Waals surface area contributed by atoms with Gasteiger partial charge in [0.1, 0.15) is 0 Å². The molecule has 2 aliphatic rings. The average Bonchev–Trinajstić information content (AvgIpc) is 2.32. The summed E-state index contributed by atoms with van der Waals surface area (Å²) in [5.74, 6) is 0. The van der Waals surface area contributed by atoms with Crippen LogP contribution in [0, 0.1) is 0 Å². The fourth-order valence-corrected chi connectivity index (χ4v) is 4.01. The van der Waals surface area contributed by atoms with Gasteiger partial charge >= 0.3 is 0 Å². The van der Waals surface area contributed by atoms with Crippen molar-refractivity contribution in [3.05, 3.63) is 0 Å². The second-order valence-electron chi connectivity index (χ2n) is 7.90. The molecule has 0 spiro atoms. The van der Waals surface area contributed by atoms with E-state index in [4.69, 9.17) is 0 Å². The van der Waals surface area contributed by atoms with E-state index in [2.05, 4.69) is 48.5 Å². The van der Waals surface area contributed by atoms with Gasteiger partial charge in [-0.15, -0.1) is 0 Å². The van der Waals surface area contributed by atoms with E-state index in [0.717, 1.165) is 19.6 Å². The molecule has 0 saturated carbocycles. The van der Waals surface area contributed by atoms with E-state index in [1.165, 1.54) is 38.9 Å². The summed E-state index contributed by atoms with van der Waals surface area (Å²) in [6.07, 6.45) is 3.72. The number of piperidine rings is 1. The molecule has 118 valence electrons. The predicted molar refractivity (Wildman–Crippen MR) is 86.2 cm³/mol. The average molecular weight is 282 g/mol. The highest BCUT2D eigenvalue weighted by Crippen LogP contribution is 2.28. The minimum Gasteiger partial charge on any atom is -0.314 e. The molecule has 0 bridgehead atoms. The van der Waals surface area contributed by atoms with Gasteiger partial charge in [-0.1, -0.05) is 0 Å². The molecule has 20 heavy (non-hydrogen) atoms. The van der Waals surface area contributed by atoms with E-state index >= 15 is 0 Å². The molecule has 2 saturated heterocycles. The third-order valence-electron chi connectivity index (χ3n) is 4.48. The summed E-state index contributed by atoms with van der Waals surface area (Å²) in [6, 6.07) is 0.657. The molecule has 2 aliphatic heterocycles. The molecule has 0 radical (unpaired) electrons. The molecule has 0 aromatic carbocycles. The van der Waals surface area contributed by atoms with Crippen LogP contribution in [-0.4, -0.2) is 61.3 Å². The van der Waals surface area contributed by atoms with E-state index in [9.17, 15) is 0 Å². The second kappa shape index (κ2) is 6.73. The van der Waals surface area contributed by atoms with E-state index in [1.807, 2.05) is 0 Å². The number of nitrogens with zero attached hydrogens (tertiary/aromatic N) is 1. The molecule has 2 rings (SSSR count). The summed E-state index contributed by atoms with van der Waals surface area (Å²) >= 11 is 0. The molecule has 2 heterocycles. The summed E-state index contributed by atoms with van der Waals surface area (Å²) in [5, 5.41) is 10.9. The summed E-state index contributed by atoms with van der Waals surface area (Å²) in [5.41, 5.74) is 0.496. The first kappa shape index (κ1) is 16.2. The Morgan fingerprint density at radius 3 is 2.25 bits per heavy atom. The maximum absolute atomic E-state index is 3.79. The Bertz CT molecular complexity index is 279. The van der Waals surface area contributed by atoms with Gasteiger partial charge in [-0.2, -0.15) is 0 Å². The van der Waals surface area contributed by atoms with Gasteiger partial charge in [-0.25, -0.2) is 0 Å². The van der Waals surface area contributed by atoms with Crippen LogP contribution in [0.1, 0.15) is 47.0 Å². The largest absolute Gasteiger partial charge is 0.314 e. The van der Waals surface area contributed by atoms with Crippen molar-refractivity contribution in [1.82, 2.24) is 20.9 Å². The SMILES string of the molecule is CC1(C)CC(NCCCN2CCNCC2)CC(C)(C)N1. The third-order valence-corrected chi connectivity index (χ3v) is 4.48. The molecule has 0 amide bonds. The lowest BCUT2D eigenvalue weighted by molar-refractivity contribution is 0.145. The van der Waals surface area contributed by atoms with Crippen molar-refractivity contribution in [2.45, 2.75) is 64.1 Å². The fourth-order valence-electron chi connectivity index (χ4n) is 4.01. The van der Waals surface area contributed by atoms with Crippen molar-refractivity contribution in [3.8, 4) is 0 Å². The highest BCUT2D eigenvalue weighted by atomic mass is 15.2. The maximum Gasteiger partial charge on any atom is 0.0144 e. The van der Waals surface area contributed by atoms with E-state index in [1.54, 1.807) is 0 Å². The van der Waals surface area contributed by atoms with Gasteiger partial charge in [-0.3, -0.25) is 0 Å². The van der Waals surface area contributed by atoms with Gasteiger partial charge in [0.2, 0.25) is 0 Å². The molecular weight excluding hydrogens is 248 g/mol. The number of rotatable bonds is 5. The Hall–Kier alpha value is -0.160. The van der Waals surface area contributed by atoms with Gasteiger partial charge in [0.05, 0.1) is 0 Å². The lowest BCUT2D eigenvalue weighted by Crippen LogP contribution is -2.61. The number of hydrogen-bond donors (Lipinski definition) is 3. The maximum atomic E-state index is 3.79. The van der Waals surface area contributed by atoms with Crippen LogP contribution in [0.3, 0.4) is 0 Å². The Morgan fingerprint density at radius 1 is 1.05 bits per heavy atom. The minimum atomic E-state index is 0.248. The third kappa shape index (κ3) is 5.32. The number of hydrogen-bond acceptors (Lipinski definition) is 4. The van der Waals surface area contributed by atoms with Crippen LogP contribution in [0.5, 0.6) is 0 Å². The number of nitrogens with one attached hydrogen (secondary N) is 3. The molecule has 3 N–H and O–H groups in total. The van der Waals surface area contributed by atoms with Crippen LogP contribution in [0.15, 0.2) is 0 Å². The predicted octanol–water partition coefficient (Wildman–Crippen LogP) is 1.18. The quantitative estimate of drug-likeness (QED) is 0.662. The minimum absolute atomic E-state index is 0.248. The van der Waals surface area contributed by atoms with Crippen molar-refractivity contribution in [2.24, 2.45) is 0 Å². The normalized spacial score (nSPS) is 27.6. The lowest BCUT2D eigenvalue weighted by atomic mass is 9.79. The van der Waals surface area contributed by atoms with Crippen LogP contribution in [0.2, 0.25) is 0 Å².